The first-order valence-corrected chi connectivity index (χ1v) is 8.20. The fraction of sp³-hybridized carbons (Fsp3) is 0.158. The fourth-order valence-electron chi connectivity index (χ4n) is 2.44. The summed E-state index contributed by atoms with van der Waals surface area (Å²) in [7, 11) is 3.09. The van der Waals surface area contributed by atoms with E-state index in [0.717, 1.165) is 17.5 Å². The van der Waals surface area contributed by atoms with Crippen molar-refractivity contribution in [1.82, 2.24) is 9.97 Å². The molecule has 7 nitrogen and oxygen atoms in total. The van der Waals surface area contributed by atoms with Gasteiger partial charge < -0.3 is 25.8 Å². The molecule has 0 atom stereocenters. The second-order valence-corrected chi connectivity index (χ2v) is 5.68. The first kappa shape index (κ1) is 18.2. The van der Waals surface area contributed by atoms with Crippen molar-refractivity contribution in [3.8, 4) is 11.5 Å². The fourth-order valence-corrected chi connectivity index (χ4v) is 2.44. The molecule has 1 aromatic carbocycles. The van der Waals surface area contributed by atoms with Gasteiger partial charge in [-0.3, -0.25) is 0 Å². The highest BCUT2D eigenvalue weighted by molar-refractivity contribution is 5.62. The van der Waals surface area contributed by atoms with Crippen LogP contribution in [0.3, 0.4) is 0 Å². The van der Waals surface area contributed by atoms with Gasteiger partial charge in [0, 0.05) is 29.6 Å². The van der Waals surface area contributed by atoms with Crippen LogP contribution in [-0.4, -0.2) is 24.2 Å². The number of halogens is 1. The normalized spacial score (nSPS) is 14.6. The Morgan fingerprint density at radius 2 is 1.85 bits per heavy atom. The summed E-state index contributed by atoms with van der Waals surface area (Å²) in [5, 5.41) is 5.98. The summed E-state index contributed by atoms with van der Waals surface area (Å²) in [6.45, 7) is 0. The molecule has 0 amide bonds. The summed E-state index contributed by atoms with van der Waals surface area (Å²) in [6, 6.07) is 5.15. The molecule has 1 heterocycles. The Morgan fingerprint density at radius 1 is 1.11 bits per heavy atom. The number of benzene rings is 1. The second kappa shape index (κ2) is 8.22. The Hall–Kier alpha value is -3.55. The minimum absolute atomic E-state index is 0.0331. The summed E-state index contributed by atoms with van der Waals surface area (Å²) in [5.74, 6) is 0.872. The molecular weight excluding hydrogens is 349 g/mol. The summed E-state index contributed by atoms with van der Waals surface area (Å²) in [5.41, 5.74) is 7.89. The van der Waals surface area contributed by atoms with Crippen LogP contribution in [0.25, 0.3) is 0 Å². The van der Waals surface area contributed by atoms with Crippen molar-refractivity contribution in [2.45, 2.75) is 6.42 Å². The van der Waals surface area contributed by atoms with Crippen molar-refractivity contribution >= 4 is 17.5 Å². The van der Waals surface area contributed by atoms with Crippen LogP contribution in [0.2, 0.25) is 0 Å². The molecule has 0 aliphatic heterocycles. The van der Waals surface area contributed by atoms with Gasteiger partial charge >= 0.3 is 0 Å². The predicted molar refractivity (Wildman–Crippen MR) is 103 cm³/mol. The van der Waals surface area contributed by atoms with E-state index in [0.29, 0.717) is 23.6 Å². The van der Waals surface area contributed by atoms with Gasteiger partial charge in [-0.2, -0.15) is 4.98 Å². The van der Waals surface area contributed by atoms with E-state index >= 15 is 0 Å². The molecule has 8 heteroatoms. The van der Waals surface area contributed by atoms with Crippen molar-refractivity contribution in [2.75, 3.05) is 24.9 Å². The zero-order chi connectivity index (χ0) is 19.2. The topological polar surface area (TPSA) is 94.3 Å². The zero-order valence-corrected chi connectivity index (χ0v) is 15.0. The van der Waals surface area contributed by atoms with Gasteiger partial charge in [0.15, 0.2) is 11.6 Å². The standard InChI is InChI=1S/C19H20FN5O2/c1-26-15-7-14(8-16(9-15)27-2)23-18-17(20)11-22-19(25-18)24-13-5-3-12(10-21)4-6-13/h3,5-11H,4,21H2,1-2H3,(H2,22,23,24,25). The third-order valence-corrected chi connectivity index (χ3v) is 3.86. The number of methoxy groups -OCH3 is 2. The molecule has 27 heavy (non-hydrogen) atoms. The summed E-state index contributed by atoms with van der Waals surface area (Å²) < 4.78 is 24.6. The zero-order valence-electron chi connectivity index (χ0n) is 15.0. The number of hydrogen-bond acceptors (Lipinski definition) is 7. The minimum Gasteiger partial charge on any atom is -0.497 e. The number of hydrogen-bond donors (Lipinski definition) is 3. The maximum Gasteiger partial charge on any atom is 0.229 e. The number of anilines is 3. The average molecular weight is 369 g/mol. The number of nitrogens with two attached hydrogens (primary N) is 1. The summed E-state index contributed by atoms with van der Waals surface area (Å²) in [6.07, 6.45) is 9.06. The van der Waals surface area contributed by atoms with Crippen LogP contribution in [0.15, 0.2) is 60.1 Å². The van der Waals surface area contributed by atoms with Crippen LogP contribution >= 0.6 is 0 Å². The number of aromatic nitrogens is 2. The van der Waals surface area contributed by atoms with Crippen LogP contribution in [0.5, 0.6) is 11.5 Å². The van der Waals surface area contributed by atoms with Crippen molar-refractivity contribution in [1.29, 1.82) is 0 Å². The lowest BCUT2D eigenvalue weighted by Gasteiger charge is -2.13. The maximum atomic E-state index is 14.2. The van der Waals surface area contributed by atoms with Gasteiger partial charge in [0.05, 0.1) is 20.4 Å². The lowest BCUT2D eigenvalue weighted by atomic mass is 10.1. The number of rotatable bonds is 6. The molecular formula is C19H20FN5O2. The molecule has 3 rings (SSSR count). The third kappa shape index (κ3) is 4.55. The molecule has 0 radical (unpaired) electrons. The van der Waals surface area contributed by atoms with Crippen LogP contribution in [0.4, 0.5) is 21.8 Å². The Kier molecular flexibility index (Phi) is 5.55. The van der Waals surface area contributed by atoms with E-state index in [-0.39, 0.29) is 11.8 Å². The molecule has 0 saturated heterocycles. The molecule has 1 aliphatic carbocycles. The van der Waals surface area contributed by atoms with Gasteiger partial charge in [0.1, 0.15) is 11.5 Å². The molecule has 2 aromatic rings. The van der Waals surface area contributed by atoms with Gasteiger partial charge in [-0.05, 0) is 24.3 Å². The predicted octanol–water partition coefficient (Wildman–Crippen LogP) is 3.47. The van der Waals surface area contributed by atoms with E-state index in [1.54, 1.807) is 38.6 Å². The molecule has 1 aromatic heterocycles. The molecule has 0 unspecified atom stereocenters. The van der Waals surface area contributed by atoms with Crippen molar-refractivity contribution in [2.24, 2.45) is 5.73 Å². The van der Waals surface area contributed by atoms with Crippen LogP contribution < -0.4 is 25.8 Å². The van der Waals surface area contributed by atoms with Gasteiger partial charge in [-0.25, -0.2) is 9.37 Å². The number of nitrogens with one attached hydrogen (secondary N) is 2. The quantitative estimate of drug-likeness (QED) is 0.718. The maximum absolute atomic E-state index is 14.2. The minimum atomic E-state index is -0.580. The molecule has 140 valence electrons. The highest BCUT2D eigenvalue weighted by atomic mass is 19.1. The van der Waals surface area contributed by atoms with E-state index in [1.165, 1.54) is 0 Å². The van der Waals surface area contributed by atoms with Crippen LogP contribution in [0, 0.1) is 5.82 Å². The highest BCUT2D eigenvalue weighted by Crippen LogP contribution is 2.28. The third-order valence-electron chi connectivity index (χ3n) is 3.86. The summed E-state index contributed by atoms with van der Waals surface area (Å²) in [4.78, 5) is 8.19. The van der Waals surface area contributed by atoms with Gasteiger partial charge in [0.2, 0.25) is 5.95 Å². The van der Waals surface area contributed by atoms with Crippen LogP contribution in [-0.2, 0) is 0 Å². The van der Waals surface area contributed by atoms with E-state index < -0.39 is 5.82 Å². The Balaban J connectivity index is 1.80. The molecule has 0 spiro atoms. The average Bonchev–Trinajstić information content (AvgIpc) is 2.70. The largest absolute Gasteiger partial charge is 0.497 e. The Bertz CT molecular complexity index is 902. The van der Waals surface area contributed by atoms with Gasteiger partial charge in [-0.1, -0.05) is 12.2 Å². The van der Waals surface area contributed by atoms with Gasteiger partial charge in [-0.15, -0.1) is 0 Å². The Labute approximate surface area is 156 Å². The van der Waals surface area contributed by atoms with Crippen LogP contribution in [0.1, 0.15) is 6.42 Å². The van der Waals surface area contributed by atoms with Crippen molar-refractivity contribution < 1.29 is 13.9 Å². The lowest BCUT2D eigenvalue weighted by molar-refractivity contribution is 0.395. The SMILES string of the molecule is COc1cc(Nc2nc(NC3=CCC(=CN)C=C3)ncc2F)cc(OC)c1. The van der Waals surface area contributed by atoms with Crippen molar-refractivity contribution in [3.05, 3.63) is 65.9 Å². The first-order valence-electron chi connectivity index (χ1n) is 8.20. The number of ether oxygens (including phenoxy) is 2. The molecule has 1 aliphatic rings. The number of allylic oxidation sites excluding steroid dienone is 4. The van der Waals surface area contributed by atoms with Gasteiger partial charge in [0.25, 0.3) is 0 Å². The lowest BCUT2D eigenvalue weighted by Crippen LogP contribution is -2.07. The second-order valence-electron chi connectivity index (χ2n) is 5.68. The van der Waals surface area contributed by atoms with E-state index in [4.69, 9.17) is 15.2 Å². The van der Waals surface area contributed by atoms with E-state index in [1.807, 2.05) is 18.2 Å². The van der Waals surface area contributed by atoms with E-state index in [2.05, 4.69) is 20.6 Å². The monoisotopic (exact) mass is 369 g/mol. The summed E-state index contributed by atoms with van der Waals surface area (Å²) >= 11 is 0. The highest BCUT2D eigenvalue weighted by Gasteiger charge is 2.11. The molecule has 0 saturated carbocycles. The first-order chi connectivity index (χ1) is 13.1. The molecule has 4 N–H and O–H groups in total. The molecule has 0 fully saturated rings. The van der Waals surface area contributed by atoms with Crippen molar-refractivity contribution in [3.63, 3.8) is 0 Å². The smallest absolute Gasteiger partial charge is 0.229 e. The Morgan fingerprint density at radius 3 is 2.44 bits per heavy atom. The number of nitrogens with zero attached hydrogens (tertiary/aromatic N) is 2. The van der Waals surface area contributed by atoms with E-state index in [9.17, 15) is 4.39 Å². The molecule has 0 bridgehead atoms.